The number of aliphatic hydroxyl groups is 2. The molecule has 9 heteroatoms. The Kier molecular flexibility index (Phi) is 30.8. The van der Waals surface area contributed by atoms with Crippen molar-refractivity contribution >= 4 is 17.5 Å². The molecule has 0 aromatic carbocycles. The van der Waals surface area contributed by atoms with Gasteiger partial charge in [0.1, 0.15) is 11.6 Å². The second kappa shape index (κ2) is 34.7. The first-order chi connectivity index (χ1) is 37.6. The molecule has 0 aromatic rings. The van der Waals surface area contributed by atoms with Crippen LogP contribution in [0.25, 0.3) is 0 Å². The highest BCUT2D eigenvalue weighted by Gasteiger charge is 2.42. The number of carbonyl (C=O) groups excluding carboxylic acids is 3. The second-order valence-electron chi connectivity index (χ2n) is 31.3. The SMILES string of the molecule is CC(C)C1CC(C)(O)C1.CC(C)C1CCC(C)(O)CC1.CC(C)C1CCC(CC(=O)C2(C)COC2)CC1.CC(C)C1CCC(CC(=O)C2CC2)CC1.CC(C)C1CCC(CC(=O)N2CCOCC2)CC1.CC(C)C1CCC(N)CC1. The van der Waals surface area contributed by atoms with Gasteiger partial charge in [-0.2, -0.15) is 0 Å². The summed E-state index contributed by atoms with van der Waals surface area (Å²) in [5, 5.41) is 19.0. The number of hydrogen-bond acceptors (Lipinski definition) is 8. The average Bonchev–Trinajstić information content (AvgIpc) is 4.26. The number of rotatable bonds is 14. The Morgan fingerprint density at radius 2 is 0.800 bits per heavy atom. The fraction of sp³-hybridized carbons (Fsp3) is 0.958. The van der Waals surface area contributed by atoms with Gasteiger partial charge in [-0.3, -0.25) is 14.4 Å². The fourth-order valence-electron chi connectivity index (χ4n) is 14.6. The molecule has 4 N–H and O–H groups in total. The van der Waals surface area contributed by atoms with Crippen LogP contribution in [0.4, 0.5) is 0 Å². The minimum Gasteiger partial charge on any atom is -0.390 e. The van der Waals surface area contributed by atoms with Crippen molar-refractivity contribution in [3.63, 3.8) is 0 Å². The van der Waals surface area contributed by atoms with E-state index in [-0.39, 0.29) is 16.6 Å². The average molecular weight is 1130 g/mol. The molecule has 9 rings (SSSR count). The molecule has 9 fully saturated rings. The smallest absolute Gasteiger partial charge is 0.223 e. The van der Waals surface area contributed by atoms with E-state index in [0.717, 1.165) is 135 Å². The lowest BCUT2D eigenvalue weighted by Gasteiger charge is -2.43. The zero-order valence-electron chi connectivity index (χ0n) is 55.1. The summed E-state index contributed by atoms with van der Waals surface area (Å²) in [5.41, 5.74) is 4.97. The first-order valence-corrected chi connectivity index (χ1v) is 34.3. The van der Waals surface area contributed by atoms with Crippen molar-refractivity contribution in [1.29, 1.82) is 0 Å². The van der Waals surface area contributed by atoms with Gasteiger partial charge in [0.25, 0.3) is 0 Å². The van der Waals surface area contributed by atoms with Crippen LogP contribution in [0.5, 0.6) is 0 Å². The molecule has 2 aliphatic heterocycles. The zero-order chi connectivity index (χ0) is 59.4. The van der Waals surface area contributed by atoms with Gasteiger partial charge in [-0.05, 0) is 264 Å². The summed E-state index contributed by atoms with van der Waals surface area (Å²) >= 11 is 0. The Labute approximate surface area is 494 Å². The van der Waals surface area contributed by atoms with Crippen LogP contribution in [0, 0.1) is 100 Å². The summed E-state index contributed by atoms with van der Waals surface area (Å²) in [6.07, 6.45) is 32.1. The molecule has 0 radical (unpaired) electrons. The van der Waals surface area contributed by atoms with E-state index in [1.807, 2.05) is 18.7 Å². The number of nitrogens with zero attached hydrogens (tertiary/aromatic N) is 1. The van der Waals surface area contributed by atoms with E-state index in [1.54, 1.807) is 0 Å². The molecule has 7 aliphatic carbocycles. The van der Waals surface area contributed by atoms with Gasteiger partial charge in [-0.1, -0.05) is 83.1 Å². The molecule has 80 heavy (non-hydrogen) atoms. The maximum atomic E-state index is 12.2. The van der Waals surface area contributed by atoms with E-state index in [0.29, 0.717) is 67.7 Å². The molecule has 0 unspecified atom stereocenters. The third kappa shape index (κ3) is 26.1. The maximum Gasteiger partial charge on any atom is 0.223 e. The van der Waals surface area contributed by atoms with E-state index >= 15 is 0 Å². The van der Waals surface area contributed by atoms with Crippen LogP contribution >= 0.6 is 0 Å². The van der Waals surface area contributed by atoms with E-state index in [1.165, 1.54) is 128 Å². The van der Waals surface area contributed by atoms with Crippen LogP contribution in [0.2, 0.25) is 0 Å². The van der Waals surface area contributed by atoms with Crippen molar-refractivity contribution in [3.05, 3.63) is 0 Å². The minimum atomic E-state index is -0.356. The first-order valence-electron chi connectivity index (χ1n) is 34.3. The Balaban J connectivity index is 0.000000210. The van der Waals surface area contributed by atoms with E-state index in [2.05, 4.69) is 90.0 Å². The lowest BCUT2D eigenvalue weighted by Crippen LogP contribution is -2.47. The third-order valence-corrected chi connectivity index (χ3v) is 22.0. The van der Waals surface area contributed by atoms with Gasteiger partial charge in [0.2, 0.25) is 5.91 Å². The number of amides is 1. The van der Waals surface area contributed by atoms with Crippen molar-refractivity contribution in [2.45, 2.75) is 294 Å². The van der Waals surface area contributed by atoms with E-state index in [9.17, 15) is 24.6 Å². The summed E-state index contributed by atoms with van der Waals surface area (Å²) in [5.74, 6) is 14.0. The quantitative estimate of drug-likeness (QED) is 0.156. The van der Waals surface area contributed by atoms with Crippen molar-refractivity contribution in [2.75, 3.05) is 39.5 Å². The maximum absolute atomic E-state index is 12.2. The molecule has 0 bridgehead atoms. The largest absolute Gasteiger partial charge is 0.390 e. The fourth-order valence-corrected chi connectivity index (χ4v) is 14.6. The molecular weight excluding hydrogens is 993 g/mol. The number of nitrogens with two attached hydrogens (primary N) is 1. The predicted molar refractivity (Wildman–Crippen MR) is 334 cm³/mol. The van der Waals surface area contributed by atoms with Crippen molar-refractivity contribution < 1.29 is 34.1 Å². The topological polar surface area (TPSA) is 139 Å². The van der Waals surface area contributed by atoms with Crippen LogP contribution in [0.1, 0.15) is 277 Å². The zero-order valence-corrected chi connectivity index (χ0v) is 55.1. The summed E-state index contributed by atoms with van der Waals surface area (Å²) in [6, 6.07) is 0.509. The molecule has 7 saturated carbocycles. The van der Waals surface area contributed by atoms with Gasteiger partial charge in [0.15, 0.2) is 0 Å². The normalized spacial score (nSPS) is 34.1. The molecule has 0 aromatic heterocycles. The molecule has 9 aliphatic rings. The van der Waals surface area contributed by atoms with Gasteiger partial charge in [0.05, 0.1) is 43.0 Å². The molecule has 0 atom stereocenters. The molecular formula is C71H132N2O7. The van der Waals surface area contributed by atoms with Crippen molar-refractivity contribution in [1.82, 2.24) is 4.90 Å². The predicted octanol–water partition coefficient (Wildman–Crippen LogP) is 16.5. The highest BCUT2D eigenvalue weighted by atomic mass is 16.5. The second-order valence-corrected chi connectivity index (χ2v) is 31.3. The van der Waals surface area contributed by atoms with Crippen LogP contribution in [0.3, 0.4) is 0 Å². The molecule has 2 saturated heterocycles. The summed E-state index contributed by atoms with van der Waals surface area (Å²) < 4.78 is 10.5. The lowest BCUT2D eigenvalue weighted by atomic mass is 9.67. The summed E-state index contributed by atoms with van der Waals surface area (Å²) in [7, 11) is 0. The number of hydrogen-bond donors (Lipinski definition) is 3. The minimum absolute atomic E-state index is 0.144. The molecule has 468 valence electrons. The lowest BCUT2D eigenvalue weighted by molar-refractivity contribution is -0.156. The van der Waals surface area contributed by atoms with Gasteiger partial charge in [0, 0.05) is 44.3 Å². The van der Waals surface area contributed by atoms with E-state index in [4.69, 9.17) is 15.2 Å². The van der Waals surface area contributed by atoms with E-state index < -0.39 is 0 Å². The number of Topliss-reactive ketones (excluding diaryl/α,β-unsaturated/α-hetero) is 2. The molecule has 2 heterocycles. The third-order valence-electron chi connectivity index (χ3n) is 22.0. The Hall–Kier alpha value is -1.39. The molecule has 0 spiro atoms. The van der Waals surface area contributed by atoms with Gasteiger partial charge in [-0.25, -0.2) is 0 Å². The molecule has 1 amide bonds. The number of ether oxygens (including phenoxy) is 2. The van der Waals surface area contributed by atoms with Crippen LogP contribution in [-0.4, -0.2) is 89.3 Å². The Morgan fingerprint density at radius 1 is 0.450 bits per heavy atom. The van der Waals surface area contributed by atoms with Gasteiger partial charge >= 0.3 is 0 Å². The number of ketones is 2. The molecule has 9 nitrogen and oxygen atoms in total. The Morgan fingerprint density at radius 3 is 1.12 bits per heavy atom. The first kappa shape index (κ1) is 71.1. The van der Waals surface area contributed by atoms with Crippen molar-refractivity contribution in [3.8, 4) is 0 Å². The summed E-state index contributed by atoms with van der Waals surface area (Å²) in [4.78, 5) is 38.0. The number of carbonyl (C=O) groups is 3. The standard InChI is InChI=1S/C15H27NO2.C15H26O2.C14H24O.C10H20O.C9H19N.C8H16O/c1-12(2)14-5-3-13(4-6-14)11-15(17)16-7-9-18-10-8-16;1-11(2)13-6-4-12(5-7-13)8-14(16)15(3)9-17-10-15;1-10(2)12-5-3-11(4-6-12)9-14(15)13-7-8-13;1-8(2)9-4-6-10(3,11)7-5-9;1-7(2)8-3-5-9(10)6-4-8;1-6(2)7-4-8(3,9)5-7/h12-14H,3-11H2,1-2H3;11-13H,4-10H2,1-3H3;10-13H,3-9H2,1-2H3;8-9,11H,4-7H2,1-3H3;7-9H,3-6,10H2,1-2H3;6-7,9H,4-5H2,1-3H3. The van der Waals surface area contributed by atoms with Crippen molar-refractivity contribution in [2.24, 2.45) is 106 Å². The van der Waals surface area contributed by atoms with Crippen LogP contribution in [0.15, 0.2) is 0 Å². The van der Waals surface area contributed by atoms with Gasteiger partial charge in [-0.15, -0.1) is 0 Å². The van der Waals surface area contributed by atoms with Gasteiger partial charge < -0.3 is 30.3 Å². The van der Waals surface area contributed by atoms with Crippen LogP contribution in [-0.2, 0) is 23.9 Å². The highest BCUT2D eigenvalue weighted by Crippen LogP contribution is 2.43. The monoisotopic (exact) mass is 1130 g/mol. The highest BCUT2D eigenvalue weighted by molar-refractivity contribution is 5.85. The Bertz CT molecular complexity index is 1690. The number of morpholine rings is 1. The summed E-state index contributed by atoms with van der Waals surface area (Å²) in [6.45, 7) is 37.9. The van der Waals surface area contributed by atoms with Crippen LogP contribution < -0.4 is 5.73 Å².